The van der Waals surface area contributed by atoms with Gasteiger partial charge in [0.1, 0.15) is 0 Å². The zero-order valence-corrected chi connectivity index (χ0v) is 15.2. The van der Waals surface area contributed by atoms with Crippen molar-refractivity contribution < 1.29 is 14.3 Å². The summed E-state index contributed by atoms with van der Waals surface area (Å²) in [4.78, 5) is 14.6. The summed E-state index contributed by atoms with van der Waals surface area (Å²) in [6, 6.07) is 0.226. The average molecular weight is 314 g/mol. The number of hydrogen-bond acceptors (Lipinski definition) is 3. The minimum atomic E-state index is -0.266. The highest BCUT2D eigenvalue weighted by Crippen LogP contribution is 2.29. The van der Waals surface area contributed by atoms with E-state index in [2.05, 4.69) is 33.0 Å². The number of carbonyl (C=O) groups is 1. The summed E-state index contributed by atoms with van der Waals surface area (Å²) in [5.74, 6) is 0. The van der Waals surface area contributed by atoms with E-state index < -0.39 is 0 Å². The first-order valence-electron chi connectivity index (χ1n) is 8.46. The Bertz CT molecular complexity index is 358. The zero-order valence-electron chi connectivity index (χ0n) is 15.2. The van der Waals surface area contributed by atoms with Gasteiger partial charge in [0.05, 0.1) is 18.2 Å². The lowest BCUT2D eigenvalue weighted by atomic mass is 9.83. The molecule has 1 aliphatic rings. The van der Waals surface area contributed by atoms with Crippen LogP contribution in [0.25, 0.3) is 0 Å². The molecule has 0 aromatic rings. The molecule has 130 valence electrons. The van der Waals surface area contributed by atoms with Crippen molar-refractivity contribution in [1.29, 1.82) is 0 Å². The summed E-state index contributed by atoms with van der Waals surface area (Å²) in [7, 11) is 3.44. The molecule has 5 heteroatoms. The topological polar surface area (TPSA) is 50.8 Å². The van der Waals surface area contributed by atoms with Crippen molar-refractivity contribution in [1.82, 2.24) is 10.2 Å². The molecule has 22 heavy (non-hydrogen) atoms. The molecule has 0 spiro atoms. The van der Waals surface area contributed by atoms with E-state index in [4.69, 9.17) is 9.47 Å². The van der Waals surface area contributed by atoms with E-state index >= 15 is 0 Å². The zero-order chi connectivity index (χ0) is 16.8. The second-order valence-electron chi connectivity index (χ2n) is 6.97. The summed E-state index contributed by atoms with van der Waals surface area (Å²) < 4.78 is 10.9. The molecule has 1 heterocycles. The van der Waals surface area contributed by atoms with Crippen LogP contribution in [0.3, 0.4) is 0 Å². The van der Waals surface area contributed by atoms with Crippen LogP contribution in [0.5, 0.6) is 0 Å². The molecule has 5 nitrogen and oxygen atoms in total. The van der Waals surface area contributed by atoms with Crippen LogP contribution in [0.4, 0.5) is 4.79 Å². The van der Waals surface area contributed by atoms with E-state index in [0.717, 1.165) is 38.6 Å². The number of nitrogens with one attached hydrogen (secondary N) is 1. The quantitative estimate of drug-likeness (QED) is 0.748. The van der Waals surface area contributed by atoms with Crippen LogP contribution in [-0.2, 0) is 9.47 Å². The predicted octanol–water partition coefficient (Wildman–Crippen LogP) is 3.18. The lowest BCUT2D eigenvalue weighted by Gasteiger charge is -2.40. The summed E-state index contributed by atoms with van der Waals surface area (Å²) >= 11 is 0. The molecular formula is C17H34N2O3. The number of amides is 2. The number of methoxy groups -OCH3 is 2. The van der Waals surface area contributed by atoms with Gasteiger partial charge in [-0.05, 0) is 46.0 Å². The van der Waals surface area contributed by atoms with Gasteiger partial charge in [0.15, 0.2) is 0 Å². The van der Waals surface area contributed by atoms with Crippen LogP contribution in [0.15, 0.2) is 0 Å². The van der Waals surface area contributed by atoms with Gasteiger partial charge in [-0.2, -0.15) is 0 Å². The third-order valence-corrected chi connectivity index (χ3v) is 5.19. The number of ether oxygens (including phenoxy) is 2. The van der Waals surface area contributed by atoms with Crippen LogP contribution in [0.2, 0.25) is 0 Å². The summed E-state index contributed by atoms with van der Waals surface area (Å²) in [5, 5.41) is 3.25. The first kappa shape index (κ1) is 19.2. The van der Waals surface area contributed by atoms with Gasteiger partial charge in [0, 0.05) is 26.3 Å². The first-order chi connectivity index (χ1) is 10.3. The van der Waals surface area contributed by atoms with Crippen molar-refractivity contribution in [2.45, 2.75) is 77.0 Å². The Balaban J connectivity index is 2.73. The molecule has 1 saturated heterocycles. The van der Waals surface area contributed by atoms with Crippen molar-refractivity contribution in [2.24, 2.45) is 0 Å². The van der Waals surface area contributed by atoms with Crippen molar-refractivity contribution >= 4 is 6.03 Å². The molecule has 3 atom stereocenters. The van der Waals surface area contributed by atoms with Crippen LogP contribution in [-0.4, -0.2) is 55.5 Å². The van der Waals surface area contributed by atoms with Gasteiger partial charge in [0.2, 0.25) is 0 Å². The van der Waals surface area contributed by atoms with Crippen molar-refractivity contribution in [2.75, 3.05) is 27.4 Å². The Hall–Kier alpha value is -0.810. The lowest BCUT2D eigenvalue weighted by Crippen LogP contribution is -2.55. The second-order valence-corrected chi connectivity index (χ2v) is 6.97. The molecule has 0 radical (unpaired) electrons. The molecule has 0 aliphatic carbocycles. The largest absolute Gasteiger partial charge is 0.383 e. The number of hydrogen-bond donors (Lipinski definition) is 1. The summed E-state index contributed by atoms with van der Waals surface area (Å²) in [5.41, 5.74) is -0.479. The minimum absolute atomic E-state index is 0.0263. The molecule has 1 rings (SSSR count). The molecule has 0 aromatic carbocycles. The number of likely N-dealkylation sites (tertiary alicyclic amines) is 1. The minimum Gasteiger partial charge on any atom is -0.383 e. The Morgan fingerprint density at radius 2 is 1.95 bits per heavy atom. The SMILES string of the molecule is CCC(C)(CC(C)(CC)OC)NC(=O)N1CCCC1COC. The fourth-order valence-corrected chi connectivity index (χ4v) is 3.22. The first-order valence-corrected chi connectivity index (χ1v) is 8.46. The standard InChI is InChI=1S/C17H34N2O3/c1-7-16(3,13-17(4,8-2)22-6)18-15(20)19-11-9-10-14(19)12-21-5/h14H,7-13H2,1-6H3,(H,18,20). The predicted molar refractivity (Wildman–Crippen MR) is 89.2 cm³/mol. The van der Waals surface area contributed by atoms with Crippen LogP contribution in [0.1, 0.15) is 59.8 Å². The molecule has 1 N–H and O–H groups in total. The Morgan fingerprint density at radius 1 is 1.27 bits per heavy atom. The van der Waals surface area contributed by atoms with E-state index in [-0.39, 0.29) is 23.2 Å². The molecule has 2 amide bonds. The maximum absolute atomic E-state index is 12.7. The van der Waals surface area contributed by atoms with Gasteiger partial charge in [-0.3, -0.25) is 0 Å². The highest BCUT2D eigenvalue weighted by Gasteiger charge is 2.37. The van der Waals surface area contributed by atoms with Crippen LogP contribution in [0, 0.1) is 0 Å². The van der Waals surface area contributed by atoms with Gasteiger partial charge >= 0.3 is 6.03 Å². The van der Waals surface area contributed by atoms with Gasteiger partial charge < -0.3 is 19.7 Å². The fraction of sp³-hybridized carbons (Fsp3) is 0.941. The third kappa shape index (κ3) is 4.85. The monoisotopic (exact) mass is 314 g/mol. The second kappa shape index (κ2) is 8.16. The van der Waals surface area contributed by atoms with Gasteiger partial charge in [-0.1, -0.05) is 13.8 Å². The normalized spacial score (nSPS) is 23.9. The number of urea groups is 1. The number of nitrogens with zero attached hydrogens (tertiary/aromatic N) is 1. The van der Waals surface area contributed by atoms with E-state index in [9.17, 15) is 4.79 Å². The average Bonchev–Trinajstić information content (AvgIpc) is 2.96. The van der Waals surface area contributed by atoms with E-state index in [1.165, 1.54) is 0 Å². The summed E-state index contributed by atoms with van der Waals surface area (Å²) in [6.07, 6.45) is 4.67. The summed E-state index contributed by atoms with van der Waals surface area (Å²) in [6.45, 7) is 9.88. The Labute approximate surface area is 135 Å². The van der Waals surface area contributed by atoms with E-state index in [1.807, 2.05) is 4.90 Å². The maximum Gasteiger partial charge on any atom is 0.318 e. The van der Waals surface area contributed by atoms with Gasteiger partial charge in [0.25, 0.3) is 0 Å². The number of carbonyl (C=O) groups excluding carboxylic acids is 1. The molecule has 1 aliphatic heterocycles. The van der Waals surface area contributed by atoms with Crippen LogP contribution >= 0.6 is 0 Å². The van der Waals surface area contributed by atoms with Crippen molar-refractivity contribution in [3.63, 3.8) is 0 Å². The molecular weight excluding hydrogens is 280 g/mol. The third-order valence-electron chi connectivity index (χ3n) is 5.19. The highest BCUT2D eigenvalue weighted by molar-refractivity contribution is 5.75. The molecule has 0 bridgehead atoms. The van der Waals surface area contributed by atoms with E-state index in [1.54, 1.807) is 14.2 Å². The van der Waals surface area contributed by atoms with Gasteiger partial charge in [-0.25, -0.2) is 4.79 Å². The number of rotatable bonds is 8. The van der Waals surface area contributed by atoms with Crippen LogP contribution < -0.4 is 5.32 Å². The molecule has 0 saturated carbocycles. The van der Waals surface area contributed by atoms with E-state index in [0.29, 0.717) is 6.61 Å². The molecule has 1 fully saturated rings. The highest BCUT2D eigenvalue weighted by atomic mass is 16.5. The van der Waals surface area contributed by atoms with Crippen molar-refractivity contribution in [3.05, 3.63) is 0 Å². The smallest absolute Gasteiger partial charge is 0.318 e. The maximum atomic E-state index is 12.7. The molecule has 0 aromatic heterocycles. The Morgan fingerprint density at radius 3 is 2.45 bits per heavy atom. The van der Waals surface area contributed by atoms with Gasteiger partial charge in [-0.15, -0.1) is 0 Å². The molecule has 3 unspecified atom stereocenters. The lowest BCUT2D eigenvalue weighted by molar-refractivity contribution is -0.0242. The fourth-order valence-electron chi connectivity index (χ4n) is 3.22. The Kier molecular flexibility index (Phi) is 7.13. The van der Waals surface area contributed by atoms with Crippen molar-refractivity contribution in [3.8, 4) is 0 Å².